The van der Waals surface area contributed by atoms with Crippen molar-refractivity contribution in [2.45, 2.75) is 0 Å². The maximum atomic E-state index is 14.3. The molecule has 0 bridgehead atoms. The minimum absolute atomic E-state index is 0.0104. The lowest BCUT2D eigenvalue weighted by atomic mass is 9.99. The van der Waals surface area contributed by atoms with Crippen LogP contribution in [0.5, 0.6) is 5.75 Å². The van der Waals surface area contributed by atoms with Crippen molar-refractivity contribution in [3.05, 3.63) is 53.1 Å². The summed E-state index contributed by atoms with van der Waals surface area (Å²) >= 11 is 0. The predicted octanol–water partition coefficient (Wildman–Crippen LogP) is 2.53. The molecule has 2 rings (SSSR count). The predicted molar refractivity (Wildman–Crippen MR) is 78.2 cm³/mol. The molecule has 2 N–H and O–H groups in total. The molecule has 0 unspecified atom stereocenters. The number of rotatable bonds is 4. The number of hydrogen-bond donors (Lipinski definition) is 1. The molecule has 0 aliphatic rings. The Hall–Kier alpha value is -2.96. The van der Waals surface area contributed by atoms with Gasteiger partial charge >= 0.3 is 5.97 Å². The van der Waals surface area contributed by atoms with E-state index in [0.29, 0.717) is 0 Å². The van der Waals surface area contributed by atoms with E-state index in [4.69, 9.17) is 10.5 Å². The third-order valence-corrected chi connectivity index (χ3v) is 3.24. The number of carbonyl (C=O) groups excluding carboxylic acids is 2. The van der Waals surface area contributed by atoms with Gasteiger partial charge in [-0.3, -0.25) is 4.79 Å². The molecule has 0 saturated carbocycles. The minimum atomic E-state index is -0.824. The third kappa shape index (κ3) is 3.13. The average molecular weight is 321 g/mol. The molecular formula is C16H13F2NO4. The first-order valence-corrected chi connectivity index (χ1v) is 6.44. The highest BCUT2D eigenvalue weighted by Crippen LogP contribution is 2.32. The van der Waals surface area contributed by atoms with Crippen molar-refractivity contribution in [2.75, 3.05) is 14.2 Å². The van der Waals surface area contributed by atoms with Gasteiger partial charge in [0.15, 0.2) is 0 Å². The van der Waals surface area contributed by atoms with Gasteiger partial charge < -0.3 is 15.2 Å². The Morgan fingerprint density at radius 1 is 1.00 bits per heavy atom. The van der Waals surface area contributed by atoms with Gasteiger partial charge in [-0.05, 0) is 24.3 Å². The molecule has 0 saturated heterocycles. The van der Waals surface area contributed by atoms with E-state index in [1.165, 1.54) is 13.2 Å². The van der Waals surface area contributed by atoms with E-state index in [9.17, 15) is 18.4 Å². The lowest BCUT2D eigenvalue weighted by molar-refractivity contribution is 0.0597. The molecule has 0 aliphatic heterocycles. The summed E-state index contributed by atoms with van der Waals surface area (Å²) in [4.78, 5) is 23.0. The summed E-state index contributed by atoms with van der Waals surface area (Å²) in [5.41, 5.74) is 4.66. The van der Waals surface area contributed by atoms with Crippen LogP contribution < -0.4 is 10.5 Å². The second kappa shape index (κ2) is 6.43. The van der Waals surface area contributed by atoms with Crippen LogP contribution in [0.2, 0.25) is 0 Å². The highest BCUT2D eigenvalue weighted by atomic mass is 19.1. The zero-order valence-electron chi connectivity index (χ0n) is 12.4. The Labute approximate surface area is 130 Å². The van der Waals surface area contributed by atoms with Gasteiger partial charge in [-0.15, -0.1) is 0 Å². The van der Waals surface area contributed by atoms with Crippen LogP contribution in [0.3, 0.4) is 0 Å². The second-order valence-corrected chi connectivity index (χ2v) is 4.58. The number of amides is 1. The molecule has 0 fully saturated rings. The largest absolute Gasteiger partial charge is 0.496 e. The van der Waals surface area contributed by atoms with Gasteiger partial charge in [0.05, 0.1) is 14.2 Å². The number of hydrogen-bond acceptors (Lipinski definition) is 4. The zero-order chi connectivity index (χ0) is 17.1. The Morgan fingerprint density at radius 2 is 1.65 bits per heavy atom. The topological polar surface area (TPSA) is 78.6 Å². The van der Waals surface area contributed by atoms with Gasteiger partial charge in [0.1, 0.15) is 22.9 Å². The number of nitrogens with two attached hydrogens (primary N) is 1. The van der Waals surface area contributed by atoms with E-state index in [1.807, 2.05) is 0 Å². The van der Waals surface area contributed by atoms with E-state index in [-0.39, 0.29) is 28.0 Å². The van der Waals surface area contributed by atoms with Crippen LogP contribution >= 0.6 is 0 Å². The van der Waals surface area contributed by atoms with Crippen LogP contribution in [-0.2, 0) is 4.74 Å². The average Bonchev–Trinajstić information content (AvgIpc) is 2.54. The van der Waals surface area contributed by atoms with Crippen molar-refractivity contribution in [3.63, 3.8) is 0 Å². The fourth-order valence-electron chi connectivity index (χ4n) is 2.08. The standard InChI is InChI=1S/C16H13F2NO4/c1-22-14-7-13(18)10(6-11(14)16(21)23-2)9-5-8(15(19)20)3-4-12(9)17/h3-7H,1-2H3,(H2,19,20). The van der Waals surface area contributed by atoms with Gasteiger partial charge in [-0.1, -0.05) is 0 Å². The summed E-state index contributed by atoms with van der Waals surface area (Å²) in [7, 11) is 2.41. The molecule has 0 spiro atoms. The number of carbonyl (C=O) groups is 2. The molecule has 0 aliphatic carbocycles. The van der Waals surface area contributed by atoms with Gasteiger partial charge in [-0.2, -0.15) is 0 Å². The fraction of sp³-hybridized carbons (Fsp3) is 0.125. The quantitative estimate of drug-likeness (QED) is 0.878. The van der Waals surface area contributed by atoms with Crippen molar-refractivity contribution in [1.82, 2.24) is 0 Å². The normalized spacial score (nSPS) is 10.3. The van der Waals surface area contributed by atoms with Crippen LogP contribution in [-0.4, -0.2) is 26.1 Å². The van der Waals surface area contributed by atoms with Crippen molar-refractivity contribution in [2.24, 2.45) is 5.73 Å². The number of ether oxygens (including phenoxy) is 2. The van der Waals surface area contributed by atoms with Crippen LogP contribution in [0.1, 0.15) is 20.7 Å². The molecule has 2 aromatic carbocycles. The van der Waals surface area contributed by atoms with E-state index in [0.717, 1.165) is 31.4 Å². The maximum absolute atomic E-state index is 14.3. The smallest absolute Gasteiger partial charge is 0.341 e. The lowest BCUT2D eigenvalue weighted by Crippen LogP contribution is -2.11. The SMILES string of the molecule is COC(=O)c1cc(-c2cc(C(N)=O)ccc2F)c(F)cc1OC. The first kappa shape index (κ1) is 16.4. The highest BCUT2D eigenvalue weighted by molar-refractivity contribution is 5.96. The van der Waals surface area contributed by atoms with Crippen molar-refractivity contribution < 1.29 is 27.8 Å². The molecular weight excluding hydrogens is 308 g/mol. The van der Waals surface area contributed by atoms with Crippen LogP contribution in [0.4, 0.5) is 8.78 Å². The van der Waals surface area contributed by atoms with Gasteiger partial charge in [-0.25, -0.2) is 13.6 Å². The van der Waals surface area contributed by atoms with E-state index >= 15 is 0 Å². The highest BCUT2D eigenvalue weighted by Gasteiger charge is 2.20. The first-order chi connectivity index (χ1) is 10.9. The molecule has 0 radical (unpaired) electrons. The van der Waals surface area contributed by atoms with Gasteiger partial charge in [0.25, 0.3) is 0 Å². The van der Waals surface area contributed by atoms with E-state index < -0.39 is 23.5 Å². The van der Waals surface area contributed by atoms with Gasteiger partial charge in [0.2, 0.25) is 5.91 Å². The summed E-state index contributed by atoms with van der Waals surface area (Å²) in [5.74, 6) is -3.20. The summed E-state index contributed by atoms with van der Waals surface area (Å²) in [6.07, 6.45) is 0. The van der Waals surface area contributed by atoms with Crippen LogP contribution in [0, 0.1) is 11.6 Å². The molecule has 1 amide bonds. The Bertz CT molecular complexity index is 790. The fourth-order valence-corrected chi connectivity index (χ4v) is 2.08. The number of primary amides is 1. The number of methoxy groups -OCH3 is 2. The molecule has 2 aromatic rings. The Morgan fingerprint density at radius 3 is 2.22 bits per heavy atom. The van der Waals surface area contributed by atoms with Crippen molar-refractivity contribution in [3.8, 4) is 16.9 Å². The summed E-state index contributed by atoms with van der Waals surface area (Å²) in [6, 6.07) is 5.34. The molecule has 7 heteroatoms. The van der Waals surface area contributed by atoms with Gasteiger partial charge in [0, 0.05) is 22.8 Å². The second-order valence-electron chi connectivity index (χ2n) is 4.58. The minimum Gasteiger partial charge on any atom is -0.496 e. The van der Waals surface area contributed by atoms with E-state index in [2.05, 4.69) is 4.74 Å². The van der Waals surface area contributed by atoms with Crippen molar-refractivity contribution >= 4 is 11.9 Å². The lowest BCUT2D eigenvalue weighted by Gasteiger charge is -2.12. The van der Waals surface area contributed by atoms with Crippen LogP contribution in [0.15, 0.2) is 30.3 Å². The third-order valence-electron chi connectivity index (χ3n) is 3.24. The molecule has 23 heavy (non-hydrogen) atoms. The molecule has 5 nitrogen and oxygen atoms in total. The molecule has 0 atom stereocenters. The molecule has 120 valence electrons. The number of halogens is 2. The maximum Gasteiger partial charge on any atom is 0.341 e. The Balaban J connectivity index is 2.71. The Kier molecular flexibility index (Phi) is 4.59. The summed E-state index contributed by atoms with van der Waals surface area (Å²) in [5, 5.41) is 0. The first-order valence-electron chi connectivity index (χ1n) is 6.44. The molecule has 0 aromatic heterocycles. The monoisotopic (exact) mass is 321 g/mol. The molecule has 0 heterocycles. The number of benzene rings is 2. The number of esters is 1. The summed E-state index contributed by atoms with van der Waals surface area (Å²) < 4.78 is 37.8. The summed E-state index contributed by atoms with van der Waals surface area (Å²) in [6.45, 7) is 0. The zero-order valence-corrected chi connectivity index (χ0v) is 12.4. The van der Waals surface area contributed by atoms with Crippen LogP contribution in [0.25, 0.3) is 11.1 Å². The van der Waals surface area contributed by atoms with Crippen molar-refractivity contribution in [1.29, 1.82) is 0 Å². The van der Waals surface area contributed by atoms with E-state index in [1.54, 1.807) is 0 Å².